The molecular formula is C15H14Br3N. The number of anilines is 1. The summed E-state index contributed by atoms with van der Waals surface area (Å²) in [4.78, 5) is 0. The van der Waals surface area contributed by atoms with E-state index in [1.807, 2.05) is 0 Å². The van der Waals surface area contributed by atoms with Gasteiger partial charge in [0.1, 0.15) is 0 Å². The summed E-state index contributed by atoms with van der Waals surface area (Å²) >= 11 is 10.8. The first-order valence-electron chi connectivity index (χ1n) is 5.92. The van der Waals surface area contributed by atoms with E-state index in [1.54, 1.807) is 0 Å². The summed E-state index contributed by atoms with van der Waals surface area (Å²) < 4.78 is 3.30. The number of rotatable bonds is 3. The largest absolute Gasteiger partial charge is 0.379 e. The van der Waals surface area contributed by atoms with E-state index < -0.39 is 0 Å². The van der Waals surface area contributed by atoms with Gasteiger partial charge in [-0.1, -0.05) is 28.1 Å². The summed E-state index contributed by atoms with van der Waals surface area (Å²) in [6.45, 7) is 4.96. The molecule has 0 bridgehead atoms. The van der Waals surface area contributed by atoms with Crippen LogP contribution in [0.3, 0.4) is 0 Å². The molecule has 19 heavy (non-hydrogen) atoms. The first-order chi connectivity index (χ1) is 8.97. The van der Waals surface area contributed by atoms with E-state index in [0.717, 1.165) is 25.7 Å². The molecule has 0 unspecified atom stereocenters. The zero-order valence-corrected chi connectivity index (χ0v) is 15.5. The summed E-state index contributed by atoms with van der Waals surface area (Å²) in [6.07, 6.45) is 0. The van der Waals surface area contributed by atoms with Gasteiger partial charge in [0.05, 0.1) is 5.69 Å². The second-order valence-corrected chi connectivity index (χ2v) is 7.10. The third-order valence-corrected chi connectivity index (χ3v) is 5.00. The van der Waals surface area contributed by atoms with Gasteiger partial charge in [0.15, 0.2) is 0 Å². The van der Waals surface area contributed by atoms with E-state index >= 15 is 0 Å². The summed E-state index contributed by atoms with van der Waals surface area (Å²) in [7, 11) is 0. The summed E-state index contributed by atoms with van der Waals surface area (Å²) in [5.41, 5.74) is 4.81. The molecule has 4 heteroatoms. The first kappa shape index (κ1) is 15.1. The molecule has 0 aliphatic rings. The Morgan fingerprint density at radius 3 is 2.11 bits per heavy atom. The molecule has 0 heterocycles. The van der Waals surface area contributed by atoms with Crippen molar-refractivity contribution in [3.05, 3.63) is 60.4 Å². The van der Waals surface area contributed by atoms with Crippen LogP contribution in [0.4, 0.5) is 5.69 Å². The fourth-order valence-corrected chi connectivity index (χ4v) is 3.93. The molecule has 0 spiro atoms. The number of aryl methyl sites for hydroxylation is 2. The highest BCUT2D eigenvalue weighted by molar-refractivity contribution is 9.11. The molecule has 0 saturated carbocycles. The van der Waals surface area contributed by atoms with E-state index in [1.165, 1.54) is 16.7 Å². The Morgan fingerprint density at radius 2 is 1.53 bits per heavy atom. The maximum Gasteiger partial charge on any atom is 0.0631 e. The standard InChI is InChI=1S/C15H14Br3N/c1-9-5-13(17)15(14(18)6-9)19-8-11-4-3-10(2)12(16)7-11/h3-7,19H,8H2,1-2H3. The Kier molecular flexibility index (Phi) is 5.09. The lowest BCUT2D eigenvalue weighted by atomic mass is 10.1. The minimum Gasteiger partial charge on any atom is -0.379 e. The average Bonchev–Trinajstić information content (AvgIpc) is 2.32. The van der Waals surface area contributed by atoms with Gasteiger partial charge in [0.2, 0.25) is 0 Å². The molecule has 0 radical (unpaired) electrons. The molecule has 0 atom stereocenters. The highest BCUT2D eigenvalue weighted by Gasteiger charge is 2.06. The summed E-state index contributed by atoms with van der Waals surface area (Å²) in [5, 5.41) is 3.46. The predicted molar refractivity (Wildman–Crippen MR) is 92.8 cm³/mol. The van der Waals surface area contributed by atoms with Crippen LogP contribution in [0.2, 0.25) is 0 Å². The molecule has 1 N–H and O–H groups in total. The Morgan fingerprint density at radius 1 is 0.895 bits per heavy atom. The molecule has 2 rings (SSSR count). The van der Waals surface area contributed by atoms with Crippen molar-refractivity contribution in [1.82, 2.24) is 0 Å². The quantitative estimate of drug-likeness (QED) is 0.590. The molecule has 0 fully saturated rings. The van der Waals surface area contributed by atoms with Gasteiger partial charge in [0.25, 0.3) is 0 Å². The summed E-state index contributed by atoms with van der Waals surface area (Å²) in [5.74, 6) is 0. The maximum absolute atomic E-state index is 3.60. The average molecular weight is 448 g/mol. The molecule has 0 saturated heterocycles. The van der Waals surface area contributed by atoms with Gasteiger partial charge in [-0.05, 0) is 80.6 Å². The van der Waals surface area contributed by atoms with Gasteiger partial charge in [0, 0.05) is 20.0 Å². The van der Waals surface area contributed by atoms with Gasteiger partial charge in [-0.25, -0.2) is 0 Å². The van der Waals surface area contributed by atoms with Gasteiger partial charge in [-0.15, -0.1) is 0 Å². The smallest absolute Gasteiger partial charge is 0.0631 e. The zero-order valence-electron chi connectivity index (χ0n) is 10.7. The molecule has 0 aliphatic carbocycles. The minimum atomic E-state index is 0.791. The van der Waals surface area contributed by atoms with Crippen molar-refractivity contribution in [3.63, 3.8) is 0 Å². The van der Waals surface area contributed by atoms with Crippen molar-refractivity contribution >= 4 is 53.5 Å². The van der Waals surface area contributed by atoms with Crippen LogP contribution < -0.4 is 5.32 Å². The Hall–Kier alpha value is -0.320. The molecular weight excluding hydrogens is 434 g/mol. The van der Waals surface area contributed by atoms with E-state index in [9.17, 15) is 0 Å². The van der Waals surface area contributed by atoms with Gasteiger partial charge >= 0.3 is 0 Å². The van der Waals surface area contributed by atoms with Crippen molar-refractivity contribution in [2.75, 3.05) is 5.32 Å². The Bertz CT molecular complexity index is 585. The van der Waals surface area contributed by atoms with E-state index in [2.05, 4.69) is 97.3 Å². The van der Waals surface area contributed by atoms with Crippen LogP contribution in [-0.4, -0.2) is 0 Å². The fourth-order valence-electron chi connectivity index (χ4n) is 1.81. The van der Waals surface area contributed by atoms with Crippen LogP contribution in [0.25, 0.3) is 0 Å². The third kappa shape index (κ3) is 3.83. The van der Waals surface area contributed by atoms with Crippen molar-refractivity contribution in [2.45, 2.75) is 20.4 Å². The molecule has 2 aromatic carbocycles. The maximum atomic E-state index is 3.60. The minimum absolute atomic E-state index is 0.791. The number of hydrogen-bond donors (Lipinski definition) is 1. The molecule has 100 valence electrons. The predicted octanol–water partition coefficient (Wildman–Crippen LogP) is 6.20. The van der Waals surface area contributed by atoms with Crippen molar-refractivity contribution in [2.24, 2.45) is 0 Å². The van der Waals surface area contributed by atoms with Crippen LogP contribution in [-0.2, 0) is 6.54 Å². The summed E-state index contributed by atoms with van der Waals surface area (Å²) in [6, 6.07) is 10.6. The second-order valence-electron chi connectivity index (χ2n) is 4.54. The number of benzene rings is 2. The van der Waals surface area contributed by atoms with Crippen molar-refractivity contribution in [1.29, 1.82) is 0 Å². The topological polar surface area (TPSA) is 12.0 Å². The van der Waals surface area contributed by atoms with E-state index in [-0.39, 0.29) is 0 Å². The monoisotopic (exact) mass is 445 g/mol. The van der Waals surface area contributed by atoms with Crippen molar-refractivity contribution < 1.29 is 0 Å². The van der Waals surface area contributed by atoms with Gasteiger partial charge in [-0.3, -0.25) is 0 Å². The van der Waals surface area contributed by atoms with Crippen LogP contribution in [0.15, 0.2) is 43.7 Å². The lowest BCUT2D eigenvalue weighted by Crippen LogP contribution is -2.01. The van der Waals surface area contributed by atoms with E-state index in [0.29, 0.717) is 0 Å². The molecule has 0 aliphatic heterocycles. The lowest BCUT2D eigenvalue weighted by Gasteiger charge is -2.12. The number of nitrogens with one attached hydrogen (secondary N) is 1. The lowest BCUT2D eigenvalue weighted by molar-refractivity contribution is 1.13. The van der Waals surface area contributed by atoms with Crippen LogP contribution in [0.5, 0.6) is 0 Å². The third-order valence-electron chi connectivity index (χ3n) is 2.89. The number of hydrogen-bond acceptors (Lipinski definition) is 1. The zero-order chi connectivity index (χ0) is 14.0. The van der Waals surface area contributed by atoms with Crippen molar-refractivity contribution in [3.8, 4) is 0 Å². The molecule has 1 nitrogen and oxygen atoms in total. The first-order valence-corrected chi connectivity index (χ1v) is 8.30. The van der Waals surface area contributed by atoms with Crippen LogP contribution in [0, 0.1) is 13.8 Å². The van der Waals surface area contributed by atoms with Gasteiger partial charge < -0.3 is 5.32 Å². The highest BCUT2D eigenvalue weighted by Crippen LogP contribution is 2.32. The molecule has 2 aromatic rings. The fraction of sp³-hybridized carbons (Fsp3) is 0.200. The second kappa shape index (κ2) is 6.42. The number of halogens is 3. The van der Waals surface area contributed by atoms with Crippen LogP contribution >= 0.6 is 47.8 Å². The van der Waals surface area contributed by atoms with Gasteiger partial charge in [-0.2, -0.15) is 0 Å². The molecule has 0 aromatic heterocycles. The normalized spacial score (nSPS) is 10.6. The van der Waals surface area contributed by atoms with E-state index in [4.69, 9.17) is 0 Å². The molecule has 0 amide bonds. The Balaban J connectivity index is 2.16. The SMILES string of the molecule is Cc1cc(Br)c(NCc2ccc(C)c(Br)c2)c(Br)c1. The highest BCUT2D eigenvalue weighted by atomic mass is 79.9. The van der Waals surface area contributed by atoms with Crippen LogP contribution in [0.1, 0.15) is 16.7 Å². The Labute approximate surface area is 139 Å².